The van der Waals surface area contributed by atoms with Crippen LogP contribution in [0.2, 0.25) is 0 Å². The van der Waals surface area contributed by atoms with E-state index in [-0.39, 0.29) is 6.04 Å². The number of fused-ring (bicyclic) bond motifs is 1. The number of carbonyl (C=O) groups is 1. The van der Waals surface area contributed by atoms with Crippen LogP contribution in [0.3, 0.4) is 0 Å². The number of ether oxygens (including phenoxy) is 1. The monoisotopic (exact) mass is 444 g/mol. The van der Waals surface area contributed by atoms with Gasteiger partial charge in [0, 0.05) is 6.54 Å². The second kappa shape index (κ2) is 10.8. The van der Waals surface area contributed by atoms with Crippen molar-refractivity contribution in [3.8, 4) is 5.75 Å². The van der Waals surface area contributed by atoms with Gasteiger partial charge in [0.1, 0.15) is 11.3 Å². The van der Waals surface area contributed by atoms with Crippen LogP contribution in [-0.2, 0) is 17.8 Å². The standard InChI is InChI=1S/C27H28N2O4/c1-2-24(27(30)31)32-21-12-8-11-20(17-21)18-28-23(16-15-19-9-4-3-5-10-19)26-29-22-13-6-7-14-25(22)33-26/h3-14,17,23-24,28H,2,15-16,18H2,1H3,(H,30,31). The largest absolute Gasteiger partial charge is 0.479 e. The van der Waals surface area contributed by atoms with Crippen molar-refractivity contribution in [2.45, 2.75) is 44.9 Å². The van der Waals surface area contributed by atoms with Gasteiger partial charge >= 0.3 is 5.97 Å². The molecule has 0 radical (unpaired) electrons. The highest BCUT2D eigenvalue weighted by molar-refractivity contribution is 5.73. The smallest absolute Gasteiger partial charge is 0.344 e. The number of nitrogens with one attached hydrogen (secondary N) is 1. The number of benzene rings is 3. The van der Waals surface area contributed by atoms with Crippen LogP contribution in [0.4, 0.5) is 0 Å². The predicted molar refractivity (Wildman–Crippen MR) is 127 cm³/mol. The maximum Gasteiger partial charge on any atom is 0.344 e. The molecule has 6 nitrogen and oxygen atoms in total. The number of aryl methyl sites for hydroxylation is 1. The molecule has 0 saturated heterocycles. The van der Waals surface area contributed by atoms with E-state index >= 15 is 0 Å². The van der Waals surface area contributed by atoms with Crippen LogP contribution in [-0.4, -0.2) is 22.2 Å². The molecule has 0 spiro atoms. The maximum absolute atomic E-state index is 11.3. The van der Waals surface area contributed by atoms with E-state index < -0.39 is 12.1 Å². The average Bonchev–Trinajstić information content (AvgIpc) is 3.27. The molecule has 0 aliphatic carbocycles. The Kier molecular flexibility index (Phi) is 7.37. The Morgan fingerprint density at radius 1 is 1.03 bits per heavy atom. The lowest BCUT2D eigenvalue weighted by Crippen LogP contribution is -2.26. The van der Waals surface area contributed by atoms with E-state index in [1.165, 1.54) is 5.56 Å². The first-order valence-corrected chi connectivity index (χ1v) is 11.2. The number of rotatable bonds is 11. The number of oxazole rings is 1. The van der Waals surface area contributed by atoms with Gasteiger partial charge in [-0.15, -0.1) is 0 Å². The maximum atomic E-state index is 11.3. The average molecular weight is 445 g/mol. The molecule has 0 aliphatic heterocycles. The van der Waals surface area contributed by atoms with Gasteiger partial charge in [-0.3, -0.25) is 0 Å². The number of carboxylic acid groups (broad SMARTS) is 1. The summed E-state index contributed by atoms with van der Waals surface area (Å²) in [5.74, 6) is 0.251. The molecule has 1 aromatic heterocycles. The van der Waals surface area contributed by atoms with E-state index in [0.29, 0.717) is 24.6 Å². The highest BCUT2D eigenvalue weighted by Gasteiger charge is 2.19. The summed E-state index contributed by atoms with van der Waals surface area (Å²) in [6.07, 6.45) is 1.25. The molecule has 6 heteroatoms. The molecule has 0 amide bonds. The molecular weight excluding hydrogens is 416 g/mol. The molecule has 1 heterocycles. The molecule has 0 bridgehead atoms. The summed E-state index contributed by atoms with van der Waals surface area (Å²) in [5.41, 5.74) is 3.87. The van der Waals surface area contributed by atoms with Gasteiger partial charge in [-0.25, -0.2) is 9.78 Å². The van der Waals surface area contributed by atoms with Gasteiger partial charge < -0.3 is 19.6 Å². The lowest BCUT2D eigenvalue weighted by molar-refractivity contribution is -0.145. The zero-order chi connectivity index (χ0) is 23.0. The van der Waals surface area contributed by atoms with Crippen molar-refractivity contribution in [3.05, 3.63) is 95.9 Å². The number of carboxylic acids is 1. The Hall–Kier alpha value is -3.64. The molecule has 33 heavy (non-hydrogen) atoms. The van der Waals surface area contributed by atoms with Crippen molar-refractivity contribution in [1.82, 2.24) is 10.3 Å². The molecule has 0 fully saturated rings. The zero-order valence-corrected chi connectivity index (χ0v) is 18.6. The summed E-state index contributed by atoms with van der Waals surface area (Å²) >= 11 is 0. The van der Waals surface area contributed by atoms with Gasteiger partial charge in [-0.1, -0.05) is 61.5 Å². The van der Waals surface area contributed by atoms with E-state index in [4.69, 9.17) is 14.1 Å². The van der Waals surface area contributed by atoms with Crippen molar-refractivity contribution in [3.63, 3.8) is 0 Å². The van der Waals surface area contributed by atoms with E-state index in [1.807, 2.05) is 60.7 Å². The number of aliphatic carboxylic acids is 1. The molecule has 2 atom stereocenters. The van der Waals surface area contributed by atoms with Crippen molar-refractivity contribution >= 4 is 17.1 Å². The third-order valence-electron chi connectivity index (χ3n) is 5.55. The van der Waals surface area contributed by atoms with Crippen LogP contribution in [0.5, 0.6) is 5.75 Å². The quantitative estimate of drug-likeness (QED) is 0.316. The first-order valence-electron chi connectivity index (χ1n) is 11.2. The molecule has 4 aromatic rings. The summed E-state index contributed by atoms with van der Waals surface area (Å²) < 4.78 is 11.7. The minimum atomic E-state index is -0.960. The second-order valence-electron chi connectivity index (χ2n) is 7.98. The number of hydrogen-bond donors (Lipinski definition) is 2. The van der Waals surface area contributed by atoms with Gasteiger partial charge in [-0.05, 0) is 54.7 Å². The molecule has 0 saturated carbocycles. The van der Waals surface area contributed by atoms with Crippen LogP contribution >= 0.6 is 0 Å². The Balaban J connectivity index is 1.49. The number of nitrogens with zero attached hydrogens (tertiary/aromatic N) is 1. The third-order valence-corrected chi connectivity index (χ3v) is 5.55. The predicted octanol–water partition coefficient (Wildman–Crippen LogP) is 5.53. The lowest BCUT2D eigenvalue weighted by atomic mass is 10.0. The van der Waals surface area contributed by atoms with Gasteiger partial charge in [0.2, 0.25) is 5.89 Å². The molecule has 2 unspecified atom stereocenters. The van der Waals surface area contributed by atoms with Gasteiger partial charge in [0.15, 0.2) is 11.7 Å². The van der Waals surface area contributed by atoms with E-state index in [2.05, 4.69) is 17.4 Å². The highest BCUT2D eigenvalue weighted by atomic mass is 16.5. The molecule has 0 aliphatic rings. The lowest BCUT2D eigenvalue weighted by Gasteiger charge is -2.17. The third kappa shape index (κ3) is 5.99. The fraction of sp³-hybridized carbons (Fsp3) is 0.259. The normalized spacial score (nSPS) is 13.0. The van der Waals surface area contributed by atoms with Crippen molar-refractivity contribution in [1.29, 1.82) is 0 Å². The van der Waals surface area contributed by atoms with Crippen LogP contribution in [0, 0.1) is 0 Å². The molecule has 170 valence electrons. The second-order valence-corrected chi connectivity index (χ2v) is 7.98. The summed E-state index contributed by atoms with van der Waals surface area (Å²) in [5, 5.41) is 12.8. The minimum Gasteiger partial charge on any atom is -0.479 e. The van der Waals surface area contributed by atoms with Gasteiger partial charge in [-0.2, -0.15) is 0 Å². The molecule has 2 N–H and O–H groups in total. The number of hydrogen-bond acceptors (Lipinski definition) is 5. The van der Waals surface area contributed by atoms with Crippen molar-refractivity contribution in [2.24, 2.45) is 0 Å². The Labute approximate surface area is 193 Å². The van der Waals surface area contributed by atoms with Crippen molar-refractivity contribution in [2.75, 3.05) is 0 Å². The Bertz CT molecular complexity index is 1160. The molecule has 4 rings (SSSR count). The molecule has 3 aromatic carbocycles. The van der Waals surface area contributed by atoms with Gasteiger partial charge in [0.25, 0.3) is 0 Å². The topological polar surface area (TPSA) is 84.6 Å². The van der Waals surface area contributed by atoms with Crippen LogP contribution < -0.4 is 10.1 Å². The Morgan fingerprint density at radius 2 is 1.79 bits per heavy atom. The summed E-state index contributed by atoms with van der Waals surface area (Å²) in [4.78, 5) is 16.0. The minimum absolute atomic E-state index is 0.0791. The van der Waals surface area contributed by atoms with Gasteiger partial charge in [0.05, 0.1) is 6.04 Å². The summed E-state index contributed by atoms with van der Waals surface area (Å²) in [7, 11) is 0. The highest BCUT2D eigenvalue weighted by Crippen LogP contribution is 2.25. The first kappa shape index (κ1) is 22.6. The SMILES string of the molecule is CCC(Oc1cccc(CNC(CCc2ccccc2)c2nc3ccccc3o2)c1)C(=O)O. The fourth-order valence-corrected chi connectivity index (χ4v) is 3.75. The Morgan fingerprint density at radius 3 is 2.55 bits per heavy atom. The van der Waals surface area contributed by atoms with Crippen LogP contribution in [0.15, 0.2) is 83.3 Å². The van der Waals surface area contributed by atoms with Crippen LogP contribution in [0.25, 0.3) is 11.1 Å². The number of aromatic nitrogens is 1. The zero-order valence-electron chi connectivity index (χ0n) is 18.6. The summed E-state index contributed by atoms with van der Waals surface area (Å²) in [6, 6.07) is 25.6. The number of para-hydroxylation sites is 2. The van der Waals surface area contributed by atoms with E-state index in [9.17, 15) is 9.90 Å². The summed E-state index contributed by atoms with van der Waals surface area (Å²) in [6.45, 7) is 2.36. The van der Waals surface area contributed by atoms with E-state index in [0.717, 1.165) is 29.5 Å². The van der Waals surface area contributed by atoms with E-state index in [1.54, 1.807) is 13.0 Å². The van der Waals surface area contributed by atoms with Crippen molar-refractivity contribution < 1.29 is 19.1 Å². The molecular formula is C27H28N2O4. The first-order chi connectivity index (χ1) is 16.1. The fourth-order valence-electron chi connectivity index (χ4n) is 3.75. The van der Waals surface area contributed by atoms with Crippen LogP contribution in [0.1, 0.15) is 42.8 Å².